The minimum absolute atomic E-state index is 0.539. The Labute approximate surface area is 122 Å². The SMILES string of the molecule is Cc1cnc(NCC(C)N2CCc3sccc3C2)s1. The molecule has 0 fully saturated rings. The van der Waals surface area contributed by atoms with Gasteiger partial charge in [-0.15, -0.1) is 22.7 Å². The number of rotatable bonds is 4. The first-order chi connectivity index (χ1) is 9.22. The summed E-state index contributed by atoms with van der Waals surface area (Å²) in [5, 5.41) is 6.71. The van der Waals surface area contributed by atoms with Crippen molar-refractivity contribution in [2.75, 3.05) is 18.4 Å². The van der Waals surface area contributed by atoms with E-state index in [2.05, 4.69) is 40.5 Å². The molecule has 0 aromatic carbocycles. The Morgan fingerprint density at radius 2 is 2.42 bits per heavy atom. The average Bonchev–Trinajstić information content (AvgIpc) is 3.03. The Balaban J connectivity index is 1.55. The molecule has 0 saturated heterocycles. The third-order valence-electron chi connectivity index (χ3n) is 3.63. The second kappa shape index (κ2) is 5.61. The number of thiazole rings is 1. The molecule has 102 valence electrons. The molecule has 0 saturated carbocycles. The van der Waals surface area contributed by atoms with Crippen LogP contribution in [-0.2, 0) is 13.0 Å². The molecule has 0 amide bonds. The fourth-order valence-corrected chi connectivity index (χ4v) is 4.01. The number of thiophene rings is 1. The number of aryl methyl sites for hydroxylation is 1. The predicted molar refractivity (Wildman–Crippen MR) is 83.2 cm³/mol. The van der Waals surface area contributed by atoms with Crippen molar-refractivity contribution in [2.24, 2.45) is 0 Å². The highest BCUT2D eigenvalue weighted by molar-refractivity contribution is 7.15. The molecule has 3 heterocycles. The second-order valence-corrected chi connectivity index (χ2v) is 7.33. The molecule has 1 N–H and O–H groups in total. The topological polar surface area (TPSA) is 28.2 Å². The van der Waals surface area contributed by atoms with E-state index >= 15 is 0 Å². The van der Waals surface area contributed by atoms with E-state index in [0.717, 1.165) is 18.2 Å². The van der Waals surface area contributed by atoms with Gasteiger partial charge in [-0.05, 0) is 37.3 Å². The van der Waals surface area contributed by atoms with Gasteiger partial charge in [0.2, 0.25) is 0 Å². The average molecular weight is 293 g/mol. The van der Waals surface area contributed by atoms with Gasteiger partial charge in [0.1, 0.15) is 0 Å². The van der Waals surface area contributed by atoms with Gasteiger partial charge in [-0.25, -0.2) is 4.98 Å². The van der Waals surface area contributed by atoms with E-state index in [4.69, 9.17) is 0 Å². The van der Waals surface area contributed by atoms with Crippen molar-refractivity contribution in [3.63, 3.8) is 0 Å². The molecule has 0 spiro atoms. The number of nitrogens with one attached hydrogen (secondary N) is 1. The van der Waals surface area contributed by atoms with Gasteiger partial charge in [0, 0.05) is 41.6 Å². The van der Waals surface area contributed by atoms with Crippen molar-refractivity contribution in [1.29, 1.82) is 0 Å². The van der Waals surface area contributed by atoms with Crippen LogP contribution in [0.4, 0.5) is 5.13 Å². The summed E-state index contributed by atoms with van der Waals surface area (Å²) in [7, 11) is 0. The van der Waals surface area contributed by atoms with Crippen LogP contribution in [0, 0.1) is 6.92 Å². The zero-order valence-electron chi connectivity index (χ0n) is 11.3. The van der Waals surface area contributed by atoms with Gasteiger partial charge in [0.25, 0.3) is 0 Å². The van der Waals surface area contributed by atoms with Gasteiger partial charge in [0.05, 0.1) is 0 Å². The molecular weight excluding hydrogens is 274 g/mol. The maximum absolute atomic E-state index is 4.35. The van der Waals surface area contributed by atoms with Gasteiger partial charge < -0.3 is 5.32 Å². The highest BCUT2D eigenvalue weighted by atomic mass is 32.1. The molecule has 1 atom stereocenters. The van der Waals surface area contributed by atoms with Crippen LogP contribution in [-0.4, -0.2) is 29.0 Å². The van der Waals surface area contributed by atoms with Crippen LogP contribution in [0.1, 0.15) is 22.2 Å². The summed E-state index contributed by atoms with van der Waals surface area (Å²) in [4.78, 5) is 9.75. The quantitative estimate of drug-likeness (QED) is 0.937. The molecule has 3 nitrogen and oxygen atoms in total. The maximum Gasteiger partial charge on any atom is 0.182 e. The van der Waals surface area contributed by atoms with Crippen LogP contribution in [0.5, 0.6) is 0 Å². The maximum atomic E-state index is 4.35. The Hall–Kier alpha value is -0.910. The lowest BCUT2D eigenvalue weighted by Crippen LogP contribution is -2.40. The molecule has 5 heteroatoms. The molecule has 19 heavy (non-hydrogen) atoms. The Morgan fingerprint density at radius 1 is 1.53 bits per heavy atom. The molecule has 2 aromatic heterocycles. The second-order valence-electron chi connectivity index (χ2n) is 5.10. The molecule has 3 rings (SSSR count). The van der Waals surface area contributed by atoms with Gasteiger partial charge in [-0.2, -0.15) is 0 Å². The van der Waals surface area contributed by atoms with Crippen molar-refractivity contribution >= 4 is 27.8 Å². The monoisotopic (exact) mass is 293 g/mol. The third-order valence-corrected chi connectivity index (χ3v) is 5.52. The highest BCUT2D eigenvalue weighted by Gasteiger charge is 2.21. The fraction of sp³-hybridized carbons (Fsp3) is 0.500. The minimum Gasteiger partial charge on any atom is -0.360 e. The lowest BCUT2D eigenvalue weighted by atomic mass is 10.1. The van der Waals surface area contributed by atoms with Crippen molar-refractivity contribution in [3.05, 3.63) is 33.0 Å². The summed E-state index contributed by atoms with van der Waals surface area (Å²) in [5.41, 5.74) is 1.52. The lowest BCUT2D eigenvalue weighted by molar-refractivity contribution is 0.200. The summed E-state index contributed by atoms with van der Waals surface area (Å²) in [6.07, 6.45) is 3.13. The molecular formula is C14H19N3S2. The summed E-state index contributed by atoms with van der Waals surface area (Å²) in [6, 6.07) is 2.81. The van der Waals surface area contributed by atoms with Crippen LogP contribution in [0.3, 0.4) is 0 Å². The smallest absolute Gasteiger partial charge is 0.182 e. The largest absolute Gasteiger partial charge is 0.360 e. The zero-order valence-corrected chi connectivity index (χ0v) is 13.0. The first kappa shape index (κ1) is 13.1. The number of hydrogen-bond donors (Lipinski definition) is 1. The van der Waals surface area contributed by atoms with E-state index in [0.29, 0.717) is 6.04 Å². The van der Waals surface area contributed by atoms with Crippen LogP contribution in [0.2, 0.25) is 0 Å². The van der Waals surface area contributed by atoms with Crippen LogP contribution < -0.4 is 5.32 Å². The number of nitrogens with zero attached hydrogens (tertiary/aromatic N) is 2. The molecule has 1 aliphatic rings. The summed E-state index contributed by atoms with van der Waals surface area (Å²) < 4.78 is 0. The molecule has 2 aromatic rings. The molecule has 1 aliphatic heterocycles. The van der Waals surface area contributed by atoms with Gasteiger partial charge in [-0.3, -0.25) is 4.90 Å². The van der Waals surface area contributed by atoms with Gasteiger partial charge >= 0.3 is 0 Å². The normalized spacial score (nSPS) is 17.2. The Kier molecular flexibility index (Phi) is 3.86. The van der Waals surface area contributed by atoms with Crippen LogP contribution >= 0.6 is 22.7 Å². The van der Waals surface area contributed by atoms with Crippen molar-refractivity contribution in [2.45, 2.75) is 32.9 Å². The van der Waals surface area contributed by atoms with E-state index in [9.17, 15) is 0 Å². The highest BCUT2D eigenvalue weighted by Crippen LogP contribution is 2.25. The van der Waals surface area contributed by atoms with E-state index in [1.165, 1.54) is 23.4 Å². The lowest BCUT2D eigenvalue weighted by Gasteiger charge is -2.32. The van der Waals surface area contributed by atoms with Crippen LogP contribution in [0.25, 0.3) is 0 Å². The molecule has 1 unspecified atom stereocenters. The third kappa shape index (κ3) is 2.99. The first-order valence-corrected chi connectivity index (χ1v) is 8.37. The van der Waals surface area contributed by atoms with E-state index in [1.807, 2.05) is 17.5 Å². The van der Waals surface area contributed by atoms with E-state index in [1.54, 1.807) is 16.2 Å². The van der Waals surface area contributed by atoms with E-state index < -0.39 is 0 Å². The van der Waals surface area contributed by atoms with Gasteiger partial charge in [-0.1, -0.05) is 0 Å². The minimum atomic E-state index is 0.539. The Morgan fingerprint density at radius 3 is 3.21 bits per heavy atom. The molecule has 0 aliphatic carbocycles. The Bertz CT molecular complexity index is 546. The first-order valence-electron chi connectivity index (χ1n) is 6.68. The summed E-state index contributed by atoms with van der Waals surface area (Å²) in [5.74, 6) is 0. The molecule has 0 radical (unpaired) electrons. The summed E-state index contributed by atoms with van der Waals surface area (Å²) >= 11 is 3.63. The van der Waals surface area contributed by atoms with E-state index in [-0.39, 0.29) is 0 Å². The van der Waals surface area contributed by atoms with Gasteiger partial charge in [0.15, 0.2) is 5.13 Å². The van der Waals surface area contributed by atoms with Crippen molar-refractivity contribution in [3.8, 4) is 0 Å². The van der Waals surface area contributed by atoms with Crippen molar-refractivity contribution < 1.29 is 0 Å². The molecule has 0 bridgehead atoms. The number of anilines is 1. The van der Waals surface area contributed by atoms with Crippen molar-refractivity contribution in [1.82, 2.24) is 9.88 Å². The standard InChI is InChI=1S/C14H19N3S2/c1-10(7-15-14-16-8-11(2)19-14)17-5-3-13-12(9-17)4-6-18-13/h4,6,8,10H,3,5,7,9H2,1-2H3,(H,15,16). The number of aromatic nitrogens is 1. The number of hydrogen-bond acceptors (Lipinski definition) is 5. The zero-order chi connectivity index (χ0) is 13.2. The summed E-state index contributed by atoms with van der Waals surface area (Å²) in [6.45, 7) is 7.62. The fourth-order valence-electron chi connectivity index (χ4n) is 2.45. The number of fused-ring (bicyclic) bond motifs is 1. The van der Waals surface area contributed by atoms with Crippen LogP contribution in [0.15, 0.2) is 17.6 Å². The predicted octanol–water partition coefficient (Wildman–Crippen LogP) is 3.37.